The molecule has 6 rings (SSSR count). The zero-order chi connectivity index (χ0) is 23.4. The van der Waals surface area contributed by atoms with E-state index >= 15 is 0 Å². The van der Waals surface area contributed by atoms with E-state index in [4.69, 9.17) is 9.40 Å². The number of aromatic nitrogens is 2. The highest BCUT2D eigenvalue weighted by atomic mass is 16.3. The number of imide groups is 1. The first kappa shape index (κ1) is 21.0. The molecule has 9 nitrogen and oxygen atoms in total. The molecule has 0 aliphatic carbocycles. The Morgan fingerprint density at radius 1 is 1.12 bits per heavy atom. The van der Waals surface area contributed by atoms with Crippen molar-refractivity contribution in [2.45, 2.75) is 51.7 Å². The highest BCUT2D eigenvalue weighted by Crippen LogP contribution is 2.32. The summed E-state index contributed by atoms with van der Waals surface area (Å²) in [7, 11) is 0. The van der Waals surface area contributed by atoms with Gasteiger partial charge in [0.05, 0.1) is 12.2 Å². The van der Waals surface area contributed by atoms with E-state index in [0.717, 1.165) is 35.5 Å². The minimum absolute atomic E-state index is 0.182. The van der Waals surface area contributed by atoms with Gasteiger partial charge in [0.1, 0.15) is 6.04 Å². The Bertz CT molecular complexity index is 1340. The summed E-state index contributed by atoms with van der Waals surface area (Å²) in [5.41, 5.74) is 5.33. The van der Waals surface area contributed by atoms with Crippen LogP contribution in [0.2, 0.25) is 0 Å². The van der Waals surface area contributed by atoms with Crippen LogP contribution >= 0.6 is 0 Å². The van der Waals surface area contributed by atoms with E-state index in [-0.39, 0.29) is 18.2 Å². The van der Waals surface area contributed by atoms with Gasteiger partial charge in [-0.2, -0.15) is 4.98 Å². The number of aryl methyl sites for hydroxylation is 1. The van der Waals surface area contributed by atoms with Crippen molar-refractivity contribution >= 4 is 29.0 Å². The van der Waals surface area contributed by atoms with Crippen molar-refractivity contribution in [1.82, 2.24) is 25.1 Å². The van der Waals surface area contributed by atoms with Crippen molar-refractivity contribution < 1.29 is 18.8 Å². The lowest BCUT2D eigenvalue weighted by Crippen LogP contribution is -2.52. The number of likely N-dealkylation sites (tertiary alicyclic amines) is 1. The standard InChI is InChI=1S/C25H25N5O4/c1-14-10-18(26-23-22(14)34-21(28-23)13-29-8-2-3-9-29)15-4-5-17-16(11-15)12-30(25(17)33)19-6-7-20(31)27-24(19)32/h4-5,10-11,19H,2-3,6-9,12-13H2,1H3,(H,27,31,32). The maximum Gasteiger partial charge on any atom is 0.255 e. The first-order chi connectivity index (χ1) is 16.5. The number of benzene rings is 1. The zero-order valence-electron chi connectivity index (χ0n) is 19.0. The van der Waals surface area contributed by atoms with Crippen LogP contribution in [-0.2, 0) is 22.7 Å². The Morgan fingerprint density at radius 2 is 1.94 bits per heavy atom. The van der Waals surface area contributed by atoms with E-state index in [1.54, 1.807) is 11.0 Å². The van der Waals surface area contributed by atoms with Gasteiger partial charge in [-0.15, -0.1) is 0 Å². The molecule has 3 aliphatic heterocycles. The quantitative estimate of drug-likeness (QED) is 0.597. The summed E-state index contributed by atoms with van der Waals surface area (Å²) in [5, 5.41) is 2.34. The van der Waals surface area contributed by atoms with E-state index in [2.05, 4.69) is 15.2 Å². The van der Waals surface area contributed by atoms with Crippen LogP contribution < -0.4 is 5.32 Å². The molecule has 2 fully saturated rings. The summed E-state index contributed by atoms with van der Waals surface area (Å²) in [6, 6.07) is 6.98. The molecule has 3 amide bonds. The summed E-state index contributed by atoms with van der Waals surface area (Å²) in [4.78, 5) is 50.0. The van der Waals surface area contributed by atoms with Crippen molar-refractivity contribution in [3.8, 4) is 11.3 Å². The fraction of sp³-hybridized carbons (Fsp3) is 0.400. The van der Waals surface area contributed by atoms with Crippen molar-refractivity contribution in [2.24, 2.45) is 0 Å². The summed E-state index contributed by atoms with van der Waals surface area (Å²) in [6.45, 7) is 5.15. The number of amides is 3. The molecule has 1 unspecified atom stereocenters. The Hall–Kier alpha value is -3.59. The largest absolute Gasteiger partial charge is 0.437 e. The first-order valence-corrected chi connectivity index (χ1v) is 11.7. The highest BCUT2D eigenvalue weighted by molar-refractivity contribution is 6.05. The topological polar surface area (TPSA) is 109 Å². The first-order valence-electron chi connectivity index (χ1n) is 11.7. The molecular formula is C25H25N5O4. The molecule has 2 saturated heterocycles. The lowest BCUT2D eigenvalue weighted by Gasteiger charge is -2.29. The fourth-order valence-electron chi connectivity index (χ4n) is 5.19. The highest BCUT2D eigenvalue weighted by Gasteiger charge is 2.39. The Morgan fingerprint density at radius 3 is 2.74 bits per heavy atom. The molecule has 0 radical (unpaired) electrons. The number of fused-ring (bicyclic) bond motifs is 2. The number of nitrogens with one attached hydrogen (secondary N) is 1. The SMILES string of the molecule is Cc1cc(-c2ccc3c(c2)CN(C2CCC(=O)NC2=O)C3=O)nc2nc(CN3CCCC3)oc12. The third-order valence-electron chi connectivity index (χ3n) is 6.97. The number of nitrogens with zero attached hydrogens (tertiary/aromatic N) is 4. The minimum atomic E-state index is -0.623. The predicted octanol–water partition coefficient (Wildman–Crippen LogP) is 2.56. The maximum atomic E-state index is 13.0. The Labute approximate surface area is 196 Å². The van der Waals surface area contributed by atoms with Gasteiger partial charge < -0.3 is 9.32 Å². The van der Waals surface area contributed by atoms with Gasteiger partial charge in [-0.05, 0) is 68.6 Å². The number of hydrogen-bond acceptors (Lipinski definition) is 7. The molecular weight excluding hydrogens is 434 g/mol. The number of pyridine rings is 1. The molecule has 1 N–H and O–H groups in total. The molecule has 2 aromatic heterocycles. The lowest BCUT2D eigenvalue weighted by atomic mass is 10.0. The van der Waals surface area contributed by atoms with Crippen molar-refractivity contribution in [3.63, 3.8) is 0 Å². The third kappa shape index (κ3) is 3.56. The van der Waals surface area contributed by atoms with Crippen molar-refractivity contribution in [2.75, 3.05) is 13.1 Å². The van der Waals surface area contributed by atoms with Gasteiger partial charge in [0.15, 0.2) is 11.2 Å². The average Bonchev–Trinajstić information content (AvgIpc) is 3.54. The molecule has 34 heavy (non-hydrogen) atoms. The summed E-state index contributed by atoms with van der Waals surface area (Å²) >= 11 is 0. The number of piperidine rings is 1. The van der Waals surface area contributed by atoms with Crippen molar-refractivity contribution in [1.29, 1.82) is 0 Å². The fourth-order valence-corrected chi connectivity index (χ4v) is 5.19. The van der Waals surface area contributed by atoms with Gasteiger partial charge in [-0.25, -0.2) is 4.98 Å². The minimum Gasteiger partial charge on any atom is -0.437 e. The number of oxazole rings is 1. The number of rotatable bonds is 4. The summed E-state index contributed by atoms with van der Waals surface area (Å²) < 4.78 is 6.01. The van der Waals surface area contributed by atoms with E-state index in [1.165, 1.54) is 12.8 Å². The van der Waals surface area contributed by atoms with Gasteiger partial charge in [0.2, 0.25) is 17.7 Å². The monoisotopic (exact) mass is 459 g/mol. The van der Waals surface area contributed by atoms with Crippen molar-refractivity contribution in [3.05, 3.63) is 46.8 Å². The number of carbonyl (C=O) groups is 3. The smallest absolute Gasteiger partial charge is 0.255 e. The molecule has 0 saturated carbocycles. The van der Waals surface area contributed by atoms with Crippen LogP contribution in [-0.4, -0.2) is 56.6 Å². The van der Waals surface area contributed by atoms with Crippen LogP contribution in [0.4, 0.5) is 0 Å². The normalized spacial score (nSPS) is 20.9. The zero-order valence-corrected chi connectivity index (χ0v) is 19.0. The maximum absolute atomic E-state index is 13.0. The van der Waals surface area contributed by atoms with Gasteiger partial charge in [0, 0.05) is 24.1 Å². The van der Waals surface area contributed by atoms with Crippen LogP contribution in [0.5, 0.6) is 0 Å². The second-order valence-corrected chi connectivity index (χ2v) is 9.34. The van der Waals surface area contributed by atoms with E-state index in [0.29, 0.717) is 42.2 Å². The van der Waals surface area contributed by atoms with Crippen LogP contribution in [0.15, 0.2) is 28.7 Å². The number of carbonyl (C=O) groups excluding carboxylic acids is 3. The molecule has 9 heteroatoms. The van der Waals surface area contributed by atoms with Crippen LogP contribution in [0.3, 0.4) is 0 Å². The van der Waals surface area contributed by atoms with Gasteiger partial charge in [-0.1, -0.05) is 6.07 Å². The molecule has 3 aromatic rings. The molecule has 0 spiro atoms. The molecule has 5 heterocycles. The van der Waals surface area contributed by atoms with Crippen LogP contribution in [0, 0.1) is 6.92 Å². The summed E-state index contributed by atoms with van der Waals surface area (Å²) in [6.07, 6.45) is 3.01. The van der Waals surface area contributed by atoms with Gasteiger partial charge in [-0.3, -0.25) is 24.6 Å². The van der Waals surface area contributed by atoms with E-state index in [1.807, 2.05) is 25.1 Å². The van der Waals surface area contributed by atoms with Gasteiger partial charge in [0.25, 0.3) is 5.91 Å². The Kier molecular flexibility index (Phi) is 4.95. The van der Waals surface area contributed by atoms with E-state index < -0.39 is 11.9 Å². The molecule has 1 atom stereocenters. The summed E-state index contributed by atoms with van der Waals surface area (Å²) in [5.74, 6) is -0.195. The molecule has 3 aliphatic rings. The van der Waals surface area contributed by atoms with E-state index in [9.17, 15) is 14.4 Å². The number of hydrogen-bond donors (Lipinski definition) is 1. The van der Waals surface area contributed by atoms with Gasteiger partial charge >= 0.3 is 0 Å². The second kappa shape index (κ2) is 8.02. The third-order valence-corrected chi connectivity index (χ3v) is 6.97. The average molecular weight is 460 g/mol. The predicted molar refractivity (Wildman–Crippen MR) is 123 cm³/mol. The molecule has 0 bridgehead atoms. The van der Waals surface area contributed by atoms with Crippen LogP contribution in [0.25, 0.3) is 22.5 Å². The van der Waals surface area contributed by atoms with Crippen LogP contribution in [0.1, 0.15) is 53.1 Å². The Balaban J connectivity index is 1.28. The lowest BCUT2D eigenvalue weighted by molar-refractivity contribution is -0.136. The second-order valence-electron chi connectivity index (χ2n) is 9.34. The molecule has 1 aromatic carbocycles. The molecule has 174 valence electrons.